The molecule has 2 aromatic rings. The molecular formula is C31H40Cl2FN5O3. The molecule has 2 aliphatic rings. The highest BCUT2D eigenvalue weighted by atomic mass is 35.5. The lowest BCUT2D eigenvalue weighted by molar-refractivity contribution is -0.143. The highest BCUT2D eigenvalue weighted by Crippen LogP contribution is 2.33. The predicted molar refractivity (Wildman–Crippen MR) is 164 cm³/mol. The SMILES string of the molecule is CC(C)C[C@H](NC(=O)[C@@H](C)N)c1cc(F)ccc1N1CCN(C(=O)[C@@H](Cc2ccc(Cl)cc2Cl)N2CCCC2=O)CC1. The van der Waals surface area contributed by atoms with Crippen molar-refractivity contribution in [2.24, 2.45) is 11.7 Å². The molecule has 0 saturated carbocycles. The number of benzene rings is 2. The summed E-state index contributed by atoms with van der Waals surface area (Å²) in [6.45, 7) is 8.15. The number of nitrogens with two attached hydrogens (primary N) is 1. The summed E-state index contributed by atoms with van der Waals surface area (Å²) in [4.78, 5) is 44.8. The summed E-state index contributed by atoms with van der Waals surface area (Å²) in [7, 11) is 0. The molecule has 4 rings (SSSR count). The summed E-state index contributed by atoms with van der Waals surface area (Å²) in [5.41, 5.74) is 8.09. The highest BCUT2D eigenvalue weighted by Gasteiger charge is 2.37. The molecule has 2 aromatic carbocycles. The molecule has 42 heavy (non-hydrogen) atoms. The summed E-state index contributed by atoms with van der Waals surface area (Å²) >= 11 is 12.5. The standard InChI is InChI=1S/C31H40Cl2FN5O3/c1-19(2)15-26(36-30(41)20(3)35)24-18-23(34)8-9-27(24)37-11-13-38(14-12-37)31(42)28(39-10-4-5-29(39)40)16-21-6-7-22(32)17-25(21)33/h6-9,17-20,26,28H,4-5,10-16,35H2,1-3H3,(H,36,41)/t20-,26+,28-/m1/s1. The van der Waals surface area contributed by atoms with E-state index < -0.39 is 18.1 Å². The van der Waals surface area contributed by atoms with Gasteiger partial charge < -0.3 is 25.8 Å². The second-order valence-corrected chi connectivity index (χ2v) is 12.5. The number of piperazine rings is 1. The van der Waals surface area contributed by atoms with Crippen LogP contribution in [0.15, 0.2) is 36.4 Å². The van der Waals surface area contributed by atoms with Gasteiger partial charge in [0.15, 0.2) is 0 Å². The first-order valence-corrected chi connectivity index (χ1v) is 15.3. The quantitative estimate of drug-likeness (QED) is 0.406. The Labute approximate surface area is 257 Å². The lowest BCUT2D eigenvalue weighted by atomic mass is 9.94. The Kier molecular flexibility index (Phi) is 10.7. The number of hydrogen-bond acceptors (Lipinski definition) is 5. The largest absolute Gasteiger partial charge is 0.368 e. The number of nitrogens with one attached hydrogen (secondary N) is 1. The third kappa shape index (κ3) is 7.74. The van der Waals surface area contributed by atoms with Crippen molar-refractivity contribution in [1.29, 1.82) is 0 Å². The van der Waals surface area contributed by atoms with E-state index in [9.17, 15) is 18.8 Å². The second-order valence-electron chi connectivity index (χ2n) is 11.6. The molecule has 2 fully saturated rings. The first kappa shape index (κ1) is 32.0. The summed E-state index contributed by atoms with van der Waals surface area (Å²) in [5.74, 6) is -0.580. The molecule has 228 valence electrons. The number of nitrogens with zero attached hydrogens (tertiary/aromatic N) is 3. The Hall–Kier alpha value is -2.88. The van der Waals surface area contributed by atoms with Gasteiger partial charge in [-0.2, -0.15) is 0 Å². The Balaban J connectivity index is 1.53. The first-order chi connectivity index (χ1) is 19.9. The van der Waals surface area contributed by atoms with E-state index in [2.05, 4.69) is 10.2 Å². The van der Waals surface area contributed by atoms with Gasteiger partial charge in [-0.25, -0.2) is 4.39 Å². The molecule has 2 saturated heterocycles. The van der Waals surface area contributed by atoms with Crippen LogP contribution < -0.4 is 16.0 Å². The van der Waals surface area contributed by atoms with Gasteiger partial charge >= 0.3 is 0 Å². The van der Waals surface area contributed by atoms with Crippen LogP contribution in [0, 0.1) is 11.7 Å². The minimum absolute atomic E-state index is 0.0296. The van der Waals surface area contributed by atoms with Gasteiger partial charge in [0, 0.05) is 66.9 Å². The van der Waals surface area contributed by atoms with Crippen LogP contribution in [-0.4, -0.2) is 72.3 Å². The summed E-state index contributed by atoms with van der Waals surface area (Å²) in [5, 5.41) is 3.97. The van der Waals surface area contributed by atoms with E-state index in [1.54, 1.807) is 41.0 Å². The maximum Gasteiger partial charge on any atom is 0.245 e. The monoisotopic (exact) mass is 619 g/mol. The lowest BCUT2D eigenvalue weighted by Crippen LogP contribution is -2.56. The van der Waals surface area contributed by atoms with Crippen molar-refractivity contribution in [3.8, 4) is 0 Å². The zero-order valence-electron chi connectivity index (χ0n) is 24.4. The smallest absolute Gasteiger partial charge is 0.245 e. The average Bonchev–Trinajstić information content (AvgIpc) is 3.37. The number of likely N-dealkylation sites (tertiary alicyclic amines) is 1. The van der Waals surface area contributed by atoms with E-state index in [1.807, 2.05) is 13.8 Å². The lowest BCUT2D eigenvalue weighted by Gasteiger charge is -2.40. The Morgan fingerprint density at radius 3 is 2.33 bits per heavy atom. The van der Waals surface area contributed by atoms with Gasteiger partial charge in [-0.05, 0) is 61.6 Å². The molecule has 3 amide bonds. The van der Waals surface area contributed by atoms with Crippen molar-refractivity contribution in [2.45, 2.75) is 64.6 Å². The summed E-state index contributed by atoms with van der Waals surface area (Å²) in [6, 6.07) is 8.06. The predicted octanol–water partition coefficient (Wildman–Crippen LogP) is 4.57. The Morgan fingerprint density at radius 2 is 1.74 bits per heavy atom. The van der Waals surface area contributed by atoms with E-state index in [-0.39, 0.29) is 29.5 Å². The van der Waals surface area contributed by atoms with Crippen LogP contribution in [-0.2, 0) is 20.8 Å². The molecule has 2 heterocycles. The maximum atomic E-state index is 14.5. The molecule has 0 bridgehead atoms. The molecular weight excluding hydrogens is 580 g/mol. The van der Waals surface area contributed by atoms with Crippen LogP contribution in [0.2, 0.25) is 10.0 Å². The highest BCUT2D eigenvalue weighted by molar-refractivity contribution is 6.35. The molecule has 8 nitrogen and oxygen atoms in total. The minimum atomic E-state index is -0.690. The number of amides is 3. The van der Waals surface area contributed by atoms with Crippen molar-refractivity contribution in [3.63, 3.8) is 0 Å². The molecule has 0 aromatic heterocycles. The fourth-order valence-corrected chi connectivity index (χ4v) is 6.22. The number of carbonyl (C=O) groups is 3. The van der Waals surface area contributed by atoms with Crippen molar-refractivity contribution in [1.82, 2.24) is 15.1 Å². The molecule has 0 unspecified atom stereocenters. The Morgan fingerprint density at radius 1 is 1.02 bits per heavy atom. The summed E-state index contributed by atoms with van der Waals surface area (Å²) < 4.78 is 14.5. The number of hydrogen-bond donors (Lipinski definition) is 2. The number of carbonyl (C=O) groups excluding carboxylic acids is 3. The number of rotatable bonds is 10. The molecule has 3 N–H and O–H groups in total. The average molecular weight is 621 g/mol. The van der Waals surface area contributed by atoms with Gasteiger partial charge in [0.2, 0.25) is 17.7 Å². The maximum absolute atomic E-state index is 14.5. The van der Waals surface area contributed by atoms with Gasteiger partial charge in [-0.15, -0.1) is 0 Å². The number of anilines is 1. The molecule has 0 spiro atoms. The third-order valence-electron chi connectivity index (χ3n) is 7.93. The zero-order valence-corrected chi connectivity index (χ0v) is 25.9. The van der Waals surface area contributed by atoms with Crippen molar-refractivity contribution in [2.75, 3.05) is 37.6 Å². The minimum Gasteiger partial charge on any atom is -0.368 e. The van der Waals surface area contributed by atoms with Gasteiger partial charge in [0.25, 0.3) is 0 Å². The van der Waals surface area contributed by atoms with Crippen molar-refractivity contribution in [3.05, 3.63) is 63.4 Å². The van der Waals surface area contributed by atoms with Gasteiger partial charge in [-0.1, -0.05) is 43.1 Å². The second kappa shape index (κ2) is 14.1. The number of halogens is 3. The topological polar surface area (TPSA) is 99.0 Å². The van der Waals surface area contributed by atoms with Gasteiger partial charge in [0.1, 0.15) is 11.9 Å². The van der Waals surface area contributed by atoms with Gasteiger partial charge in [-0.3, -0.25) is 14.4 Å². The fraction of sp³-hybridized carbons (Fsp3) is 0.516. The molecule has 2 aliphatic heterocycles. The van der Waals surface area contributed by atoms with Crippen LogP contribution in [0.4, 0.5) is 10.1 Å². The third-order valence-corrected chi connectivity index (χ3v) is 8.52. The van der Waals surface area contributed by atoms with E-state index >= 15 is 0 Å². The van der Waals surface area contributed by atoms with Crippen LogP contribution in [0.3, 0.4) is 0 Å². The first-order valence-electron chi connectivity index (χ1n) is 14.6. The van der Waals surface area contributed by atoms with E-state index in [0.717, 1.165) is 17.7 Å². The fourth-order valence-electron chi connectivity index (χ4n) is 5.73. The normalized spacial score (nSPS) is 17.9. The molecule has 0 radical (unpaired) electrons. The van der Waals surface area contributed by atoms with Crippen LogP contribution in [0.25, 0.3) is 0 Å². The van der Waals surface area contributed by atoms with Crippen LogP contribution >= 0.6 is 23.2 Å². The molecule has 11 heteroatoms. The van der Waals surface area contributed by atoms with E-state index in [4.69, 9.17) is 28.9 Å². The van der Waals surface area contributed by atoms with E-state index in [1.165, 1.54) is 12.1 Å². The molecule has 0 aliphatic carbocycles. The van der Waals surface area contributed by atoms with Gasteiger partial charge in [0.05, 0.1) is 12.1 Å². The van der Waals surface area contributed by atoms with Crippen LogP contribution in [0.5, 0.6) is 0 Å². The molecule has 3 atom stereocenters. The zero-order chi connectivity index (χ0) is 30.6. The Bertz CT molecular complexity index is 1300. The van der Waals surface area contributed by atoms with Crippen molar-refractivity contribution < 1.29 is 18.8 Å². The summed E-state index contributed by atoms with van der Waals surface area (Å²) in [6.07, 6.45) is 2.07. The van der Waals surface area contributed by atoms with Crippen molar-refractivity contribution >= 4 is 46.6 Å². The van der Waals surface area contributed by atoms with E-state index in [0.29, 0.717) is 67.6 Å². The van der Waals surface area contributed by atoms with Crippen LogP contribution in [0.1, 0.15) is 57.2 Å².